The van der Waals surface area contributed by atoms with E-state index in [9.17, 15) is 13.2 Å². The normalized spacial score (nSPS) is 18.1. The molecular formula is C19H23N3O4S. The Hall–Kier alpha value is -2.61. The summed E-state index contributed by atoms with van der Waals surface area (Å²) in [6.07, 6.45) is 2.06. The standard InChI is InChI=1S/C19H23N3O4S/c1-3-22(15-10-11-27(24,25)13-15)19(23)17-9-8-14(12-20-17)21-16-6-4-5-7-18(16)26-2/h4-9,12,15,21H,3,10-11,13H2,1-2H3. The number of amides is 1. The number of hydrogen-bond donors (Lipinski definition) is 1. The van der Waals surface area contributed by atoms with Gasteiger partial charge in [-0.05, 0) is 37.6 Å². The van der Waals surface area contributed by atoms with Crippen molar-refractivity contribution in [2.45, 2.75) is 19.4 Å². The molecule has 27 heavy (non-hydrogen) atoms. The van der Waals surface area contributed by atoms with Crippen molar-refractivity contribution in [3.05, 3.63) is 48.3 Å². The van der Waals surface area contributed by atoms with E-state index in [4.69, 9.17) is 4.74 Å². The molecule has 1 aromatic heterocycles. The number of pyridine rings is 1. The number of rotatable bonds is 6. The van der Waals surface area contributed by atoms with Crippen LogP contribution in [0.3, 0.4) is 0 Å². The molecule has 0 aliphatic carbocycles. The fourth-order valence-electron chi connectivity index (χ4n) is 3.23. The van der Waals surface area contributed by atoms with Crippen LogP contribution in [-0.2, 0) is 9.84 Å². The van der Waals surface area contributed by atoms with Crippen molar-refractivity contribution in [3.63, 3.8) is 0 Å². The molecule has 8 heteroatoms. The highest BCUT2D eigenvalue weighted by molar-refractivity contribution is 7.91. The zero-order valence-electron chi connectivity index (χ0n) is 15.4. The van der Waals surface area contributed by atoms with E-state index in [-0.39, 0.29) is 23.5 Å². The quantitative estimate of drug-likeness (QED) is 0.817. The molecule has 2 heterocycles. The molecular weight excluding hydrogens is 366 g/mol. The summed E-state index contributed by atoms with van der Waals surface area (Å²) in [5.74, 6) is 0.622. The van der Waals surface area contributed by atoms with Crippen LogP contribution >= 0.6 is 0 Å². The average Bonchev–Trinajstić information content (AvgIpc) is 3.03. The smallest absolute Gasteiger partial charge is 0.272 e. The van der Waals surface area contributed by atoms with E-state index in [1.54, 1.807) is 30.3 Å². The zero-order chi connectivity index (χ0) is 19.4. The maximum absolute atomic E-state index is 12.8. The molecule has 0 bridgehead atoms. The third kappa shape index (κ3) is 4.39. The number of ether oxygens (including phenoxy) is 1. The van der Waals surface area contributed by atoms with E-state index in [1.165, 1.54) is 0 Å². The van der Waals surface area contributed by atoms with E-state index in [0.29, 0.717) is 24.4 Å². The molecule has 144 valence electrons. The van der Waals surface area contributed by atoms with Gasteiger partial charge < -0.3 is 15.0 Å². The number of sulfone groups is 1. The Morgan fingerprint density at radius 2 is 2.07 bits per heavy atom. The maximum atomic E-state index is 12.8. The Labute approximate surface area is 159 Å². The molecule has 7 nitrogen and oxygen atoms in total. The first-order chi connectivity index (χ1) is 12.9. The van der Waals surface area contributed by atoms with Gasteiger partial charge in [-0.1, -0.05) is 12.1 Å². The lowest BCUT2D eigenvalue weighted by Gasteiger charge is -2.26. The van der Waals surface area contributed by atoms with Crippen molar-refractivity contribution in [1.29, 1.82) is 0 Å². The third-order valence-electron chi connectivity index (χ3n) is 4.62. The van der Waals surface area contributed by atoms with E-state index >= 15 is 0 Å². The largest absolute Gasteiger partial charge is 0.495 e. The number of benzene rings is 1. The summed E-state index contributed by atoms with van der Waals surface area (Å²) >= 11 is 0. The first-order valence-electron chi connectivity index (χ1n) is 8.81. The first-order valence-corrected chi connectivity index (χ1v) is 10.6. The summed E-state index contributed by atoms with van der Waals surface area (Å²) < 4.78 is 28.7. The SMILES string of the molecule is CCN(C(=O)c1ccc(Nc2ccccc2OC)cn1)C1CCS(=O)(=O)C1. The van der Waals surface area contributed by atoms with Crippen molar-refractivity contribution < 1.29 is 17.9 Å². The lowest BCUT2D eigenvalue weighted by atomic mass is 10.2. The highest BCUT2D eigenvalue weighted by Crippen LogP contribution is 2.27. The molecule has 1 aromatic carbocycles. The van der Waals surface area contributed by atoms with E-state index < -0.39 is 9.84 Å². The van der Waals surface area contributed by atoms with Gasteiger partial charge in [0.1, 0.15) is 11.4 Å². The molecule has 1 fully saturated rings. The first kappa shape index (κ1) is 19.2. The Morgan fingerprint density at radius 1 is 1.30 bits per heavy atom. The van der Waals surface area contributed by atoms with Gasteiger partial charge in [0.05, 0.1) is 36.2 Å². The summed E-state index contributed by atoms with van der Waals surface area (Å²) in [4.78, 5) is 18.6. The molecule has 1 saturated heterocycles. The van der Waals surface area contributed by atoms with Crippen LogP contribution in [-0.4, -0.2) is 55.4 Å². The van der Waals surface area contributed by atoms with Crippen molar-refractivity contribution >= 4 is 27.1 Å². The van der Waals surface area contributed by atoms with Crippen LogP contribution in [0.5, 0.6) is 5.75 Å². The minimum atomic E-state index is -3.05. The molecule has 2 aromatic rings. The van der Waals surface area contributed by atoms with Crippen LogP contribution in [0.15, 0.2) is 42.6 Å². The van der Waals surface area contributed by atoms with Crippen molar-refractivity contribution in [1.82, 2.24) is 9.88 Å². The molecule has 3 rings (SSSR count). The van der Waals surface area contributed by atoms with Gasteiger partial charge in [0, 0.05) is 12.6 Å². The lowest BCUT2D eigenvalue weighted by molar-refractivity contribution is 0.0702. The second-order valence-corrected chi connectivity index (χ2v) is 8.63. The predicted octanol–water partition coefficient (Wildman–Crippen LogP) is 2.48. The Balaban J connectivity index is 1.73. The van der Waals surface area contributed by atoms with E-state index in [1.807, 2.05) is 31.2 Å². The summed E-state index contributed by atoms with van der Waals surface area (Å²) in [7, 11) is -1.45. The molecule has 0 saturated carbocycles. The Morgan fingerprint density at radius 3 is 2.67 bits per heavy atom. The van der Waals surface area contributed by atoms with Crippen LogP contribution in [0, 0.1) is 0 Å². The number of nitrogens with one attached hydrogen (secondary N) is 1. The lowest BCUT2D eigenvalue weighted by Crippen LogP contribution is -2.41. The zero-order valence-corrected chi connectivity index (χ0v) is 16.2. The molecule has 1 unspecified atom stereocenters. The number of methoxy groups -OCH3 is 1. The van der Waals surface area contributed by atoms with Gasteiger partial charge in [-0.3, -0.25) is 4.79 Å². The summed E-state index contributed by atoms with van der Waals surface area (Å²) in [6, 6.07) is 10.6. The second kappa shape index (κ2) is 7.96. The van der Waals surface area contributed by atoms with Gasteiger partial charge in [-0.2, -0.15) is 0 Å². The Kier molecular flexibility index (Phi) is 5.65. The summed E-state index contributed by atoms with van der Waals surface area (Å²) in [5, 5.41) is 3.21. The van der Waals surface area contributed by atoms with Gasteiger partial charge >= 0.3 is 0 Å². The number of para-hydroxylation sites is 2. The minimum absolute atomic E-state index is 0.0278. The minimum Gasteiger partial charge on any atom is -0.495 e. The number of aromatic nitrogens is 1. The van der Waals surface area contributed by atoms with Crippen molar-refractivity contribution in [3.8, 4) is 5.75 Å². The van der Waals surface area contributed by atoms with Gasteiger partial charge in [0.2, 0.25) is 0 Å². The van der Waals surface area contributed by atoms with Crippen LogP contribution in [0.1, 0.15) is 23.8 Å². The van der Waals surface area contributed by atoms with Gasteiger partial charge in [0.15, 0.2) is 9.84 Å². The van der Waals surface area contributed by atoms with E-state index in [2.05, 4.69) is 10.3 Å². The number of carbonyl (C=O) groups is 1. The average molecular weight is 389 g/mol. The van der Waals surface area contributed by atoms with Crippen LogP contribution in [0.2, 0.25) is 0 Å². The number of nitrogens with zero attached hydrogens (tertiary/aromatic N) is 2. The predicted molar refractivity (Wildman–Crippen MR) is 104 cm³/mol. The number of hydrogen-bond acceptors (Lipinski definition) is 6. The van der Waals surface area contributed by atoms with Gasteiger partial charge in [0.25, 0.3) is 5.91 Å². The van der Waals surface area contributed by atoms with Gasteiger partial charge in [-0.25, -0.2) is 13.4 Å². The highest BCUT2D eigenvalue weighted by atomic mass is 32.2. The fourth-order valence-corrected chi connectivity index (χ4v) is 4.96. The Bertz CT molecular complexity index is 913. The monoisotopic (exact) mass is 389 g/mol. The van der Waals surface area contributed by atoms with Crippen LogP contribution in [0.4, 0.5) is 11.4 Å². The molecule has 0 radical (unpaired) electrons. The number of carbonyl (C=O) groups excluding carboxylic acids is 1. The number of anilines is 2. The van der Waals surface area contributed by atoms with Crippen molar-refractivity contribution in [2.24, 2.45) is 0 Å². The molecule has 1 N–H and O–H groups in total. The third-order valence-corrected chi connectivity index (χ3v) is 6.37. The molecule has 1 aliphatic rings. The molecule has 1 atom stereocenters. The summed E-state index contributed by atoms with van der Waals surface area (Å²) in [6.45, 7) is 2.29. The van der Waals surface area contributed by atoms with Crippen molar-refractivity contribution in [2.75, 3.05) is 30.5 Å². The molecule has 0 spiro atoms. The summed E-state index contributed by atoms with van der Waals surface area (Å²) in [5.41, 5.74) is 1.82. The maximum Gasteiger partial charge on any atom is 0.272 e. The second-order valence-electron chi connectivity index (χ2n) is 6.41. The van der Waals surface area contributed by atoms with E-state index in [0.717, 1.165) is 11.4 Å². The fraction of sp³-hybridized carbons (Fsp3) is 0.368. The highest BCUT2D eigenvalue weighted by Gasteiger charge is 2.34. The van der Waals surface area contributed by atoms with Gasteiger partial charge in [-0.15, -0.1) is 0 Å². The van der Waals surface area contributed by atoms with Crippen LogP contribution in [0.25, 0.3) is 0 Å². The van der Waals surface area contributed by atoms with Crippen LogP contribution < -0.4 is 10.1 Å². The topological polar surface area (TPSA) is 88.6 Å². The molecule has 1 amide bonds. The molecule has 1 aliphatic heterocycles.